The van der Waals surface area contributed by atoms with E-state index in [0.717, 1.165) is 24.8 Å². The summed E-state index contributed by atoms with van der Waals surface area (Å²) in [4.78, 5) is 12.1. The van der Waals surface area contributed by atoms with Crippen LogP contribution < -0.4 is 11.1 Å². The van der Waals surface area contributed by atoms with E-state index < -0.39 is 0 Å². The van der Waals surface area contributed by atoms with Gasteiger partial charge in [0.15, 0.2) is 0 Å². The minimum atomic E-state index is -0.267. The van der Waals surface area contributed by atoms with Crippen LogP contribution in [0.5, 0.6) is 0 Å². The number of hydrogen-bond acceptors (Lipinski definition) is 4. The number of hydrogen-bond donors (Lipinski definition) is 2. The molecule has 112 valence electrons. The van der Waals surface area contributed by atoms with Crippen molar-refractivity contribution in [3.05, 3.63) is 42.2 Å². The van der Waals surface area contributed by atoms with E-state index in [2.05, 4.69) is 17.4 Å². The van der Waals surface area contributed by atoms with Crippen LogP contribution >= 0.6 is 0 Å². The monoisotopic (exact) mass is 287 g/mol. The Morgan fingerprint density at radius 1 is 1.38 bits per heavy atom. The fraction of sp³-hybridized carbons (Fsp3) is 0.375. The molecule has 1 amide bonds. The van der Waals surface area contributed by atoms with Crippen LogP contribution in [-0.4, -0.2) is 23.7 Å². The Balaban J connectivity index is 2.02. The Hall–Kier alpha value is -2.14. The van der Waals surface area contributed by atoms with Crippen LogP contribution in [0.3, 0.4) is 0 Å². The first-order valence-electron chi connectivity index (χ1n) is 7.27. The zero-order chi connectivity index (χ0) is 15.1. The van der Waals surface area contributed by atoms with E-state index in [1.165, 1.54) is 0 Å². The number of carbonyl (C=O) groups excluding carboxylic acids is 1. The Morgan fingerprint density at radius 3 is 2.81 bits per heavy atom. The minimum Gasteiger partial charge on any atom is -0.350 e. The average molecular weight is 287 g/mol. The lowest BCUT2D eigenvalue weighted by Crippen LogP contribution is -2.40. The van der Waals surface area contributed by atoms with E-state index >= 15 is 0 Å². The highest BCUT2D eigenvalue weighted by molar-refractivity contribution is 5.92. The zero-order valence-electron chi connectivity index (χ0n) is 12.2. The summed E-state index contributed by atoms with van der Waals surface area (Å²) in [6.07, 6.45) is 2.99. The minimum absolute atomic E-state index is 0.0253. The summed E-state index contributed by atoms with van der Waals surface area (Å²) >= 11 is 0. The van der Waals surface area contributed by atoms with Gasteiger partial charge in [0, 0.05) is 24.2 Å². The smallest absolute Gasteiger partial charge is 0.290 e. The number of rotatable bonds is 7. The second kappa shape index (κ2) is 7.59. The molecule has 1 aromatic heterocycles. The van der Waals surface area contributed by atoms with Gasteiger partial charge in [-0.3, -0.25) is 4.79 Å². The van der Waals surface area contributed by atoms with Gasteiger partial charge in [0.2, 0.25) is 5.76 Å². The van der Waals surface area contributed by atoms with Crippen LogP contribution in [0.2, 0.25) is 0 Å². The van der Waals surface area contributed by atoms with Gasteiger partial charge in [-0.25, -0.2) is 0 Å². The standard InChI is InChI=1S/C16H21N3O2/c1-2-3-9-13(11-17)18-16(20)15-10-14(19-21-15)12-7-5-4-6-8-12/h4-8,10,13H,2-3,9,11,17H2,1H3,(H,18,20). The predicted octanol–water partition coefficient (Wildman–Crippen LogP) is 2.59. The molecule has 0 aliphatic rings. The third kappa shape index (κ3) is 4.16. The summed E-state index contributed by atoms with van der Waals surface area (Å²) in [6, 6.07) is 11.2. The van der Waals surface area contributed by atoms with E-state index in [1.54, 1.807) is 6.07 Å². The van der Waals surface area contributed by atoms with Crippen molar-refractivity contribution >= 4 is 5.91 Å². The molecule has 1 heterocycles. The summed E-state index contributed by atoms with van der Waals surface area (Å²) in [5.41, 5.74) is 7.24. The van der Waals surface area contributed by atoms with Crippen LogP contribution in [0.15, 0.2) is 40.9 Å². The number of nitrogens with zero attached hydrogens (tertiary/aromatic N) is 1. The van der Waals surface area contributed by atoms with Gasteiger partial charge >= 0.3 is 0 Å². The lowest BCUT2D eigenvalue weighted by atomic mass is 10.1. The van der Waals surface area contributed by atoms with Gasteiger partial charge in [-0.05, 0) is 6.42 Å². The summed E-state index contributed by atoms with van der Waals surface area (Å²) < 4.78 is 5.13. The maximum absolute atomic E-state index is 12.1. The highest BCUT2D eigenvalue weighted by Crippen LogP contribution is 2.18. The molecule has 0 fully saturated rings. The van der Waals surface area contributed by atoms with Crippen molar-refractivity contribution in [2.24, 2.45) is 5.73 Å². The molecule has 0 saturated heterocycles. The second-order valence-corrected chi connectivity index (χ2v) is 4.99. The predicted molar refractivity (Wildman–Crippen MR) is 81.8 cm³/mol. The molecular weight excluding hydrogens is 266 g/mol. The van der Waals surface area contributed by atoms with Crippen LogP contribution in [0.1, 0.15) is 36.7 Å². The number of carbonyl (C=O) groups is 1. The van der Waals surface area contributed by atoms with Crippen molar-refractivity contribution in [3.63, 3.8) is 0 Å². The SMILES string of the molecule is CCCCC(CN)NC(=O)c1cc(-c2ccccc2)no1. The molecule has 0 radical (unpaired) electrons. The lowest BCUT2D eigenvalue weighted by molar-refractivity contribution is 0.0898. The third-order valence-corrected chi connectivity index (χ3v) is 3.33. The first-order chi connectivity index (χ1) is 10.2. The number of unbranched alkanes of at least 4 members (excludes halogenated alkanes) is 1. The molecule has 5 nitrogen and oxygen atoms in total. The Labute approximate surface area is 124 Å². The second-order valence-electron chi connectivity index (χ2n) is 4.99. The molecule has 3 N–H and O–H groups in total. The van der Waals surface area contributed by atoms with Gasteiger partial charge in [0.25, 0.3) is 5.91 Å². The number of aromatic nitrogens is 1. The largest absolute Gasteiger partial charge is 0.350 e. The fourth-order valence-corrected chi connectivity index (χ4v) is 2.08. The average Bonchev–Trinajstić information content (AvgIpc) is 3.02. The first-order valence-corrected chi connectivity index (χ1v) is 7.27. The summed E-state index contributed by atoms with van der Waals surface area (Å²) in [6.45, 7) is 2.53. The van der Waals surface area contributed by atoms with Gasteiger partial charge in [0.1, 0.15) is 5.69 Å². The maximum atomic E-state index is 12.1. The van der Waals surface area contributed by atoms with Gasteiger partial charge < -0.3 is 15.6 Å². The number of amides is 1. The van der Waals surface area contributed by atoms with Crippen LogP contribution in [0.4, 0.5) is 0 Å². The van der Waals surface area contributed by atoms with Gasteiger partial charge in [-0.15, -0.1) is 0 Å². The van der Waals surface area contributed by atoms with Crippen LogP contribution in [0, 0.1) is 0 Å². The zero-order valence-corrected chi connectivity index (χ0v) is 12.2. The van der Waals surface area contributed by atoms with Crippen LogP contribution in [-0.2, 0) is 0 Å². The molecule has 1 atom stereocenters. The highest BCUT2D eigenvalue weighted by Gasteiger charge is 2.17. The summed E-state index contributed by atoms with van der Waals surface area (Å²) in [5, 5.41) is 6.82. The van der Waals surface area contributed by atoms with Crippen molar-refractivity contribution < 1.29 is 9.32 Å². The van der Waals surface area contributed by atoms with E-state index in [0.29, 0.717) is 12.2 Å². The van der Waals surface area contributed by atoms with Gasteiger partial charge in [-0.1, -0.05) is 55.3 Å². The Morgan fingerprint density at radius 2 is 2.14 bits per heavy atom. The Bertz CT molecular complexity index is 566. The Kier molecular flexibility index (Phi) is 5.51. The van der Waals surface area contributed by atoms with Gasteiger partial charge in [-0.2, -0.15) is 0 Å². The van der Waals surface area contributed by atoms with E-state index in [9.17, 15) is 4.79 Å². The fourth-order valence-electron chi connectivity index (χ4n) is 2.08. The molecule has 0 aliphatic carbocycles. The molecule has 2 rings (SSSR count). The molecule has 2 aromatic rings. The highest BCUT2D eigenvalue weighted by atomic mass is 16.5. The molecule has 5 heteroatoms. The number of nitrogens with two attached hydrogens (primary N) is 1. The van der Waals surface area contributed by atoms with Crippen LogP contribution in [0.25, 0.3) is 11.3 Å². The van der Waals surface area contributed by atoms with Crippen molar-refractivity contribution in [2.45, 2.75) is 32.2 Å². The van der Waals surface area contributed by atoms with Crippen molar-refractivity contribution in [1.29, 1.82) is 0 Å². The quantitative estimate of drug-likeness (QED) is 0.820. The molecule has 1 unspecified atom stereocenters. The van der Waals surface area contributed by atoms with E-state index in [1.807, 2.05) is 30.3 Å². The molecule has 0 aliphatic heterocycles. The topological polar surface area (TPSA) is 81.1 Å². The summed E-state index contributed by atoms with van der Waals surface area (Å²) in [7, 11) is 0. The molecule has 0 spiro atoms. The number of benzene rings is 1. The number of nitrogens with one attached hydrogen (secondary N) is 1. The lowest BCUT2D eigenvalue weighted by Gasteiger charge is -2.14. The molecular formula is C16H21N3O2. The maximum Gasteiger partial charge on any atom is 0.290 e. The van der Waals surface area contributed by atoms with Crippen molar-refractivity contribution in [2.75, 3.05) is 6.54 Å². The van der Waals surface area contributed by atoms with Crippen molar-refractivity contribution in [3.8, 4) is 11.3 Å². The molecule has 0 saturated carbocycles. The third-order valence-electron chi connectivity index (χ3n) is 3.33. The normalized spacial score (nSPS) is 12.1. The summed E-state index contributed by atoms with van der Waals surface area (Å²) in [5.74, 6) is -0.0555. The van der Waals surface area contributed by atoms with E-state index in [-0.39, 0.29) is 17.7 Å². The van der Waals surface area contributed by atoms with E-state index in [4.69, 9.17) is 10.3 Å². The molecule has 0 bridgehead atoms. The van der Waals surface area contributed by atoms with Crippen molar-refractivity contribution in [1.82, 2.24) is 10.5 Å². The first kappa shape index (κ1) is 15.3. The molecule has 21 heavy (non-hydrogen) atoms. The molecule has 1 aromatic carbocycles. The van der Waals surface area contributed by atoms with Gasteiger partial charge in [0.05, 0.1) is 0 Å².